The molecule has 1 amide bonds. The fraction of sp³-hybridized carbons (Fsp3) is 0.381. The van der Waals surface area contributed by atoms with Crippen LogP contribution in [0.1, 0.15) is 12.8 Å². The summed E-state index contributed by atoms with van der Waals surface area (Å²) in [6, 6.07) is 10.0. The van der Waals surface area contributed by atoms with Crippen molar-refractivity contribution in [1.29, 1.82) is 0 Å². The number of aryl methyl sites for hydroxylation is 1. The number of likely N-dealkylation sites (N-methyl/N-ethyl adjacent to an activating group) is 1. The maximum absolute atomic E-state index is 11.4. The van der Waals surface area contributed by atoms with Gasteiger partial charge in [0.1, 0.15) is 18.2 Å². The number of fused-ring (bicyclic) bond motifs is 1. The Morgan fingerprint density at radius 3 is 2.79 bits per heavy atom. The normalized spacial score (nSPS) is 15.1. The van der Waals surface area contributed by atoms with Gasteiger partial charge in [0.2, 0.25) is 5.91 Å². The molecule has 2 aromatic heterocycles. The number of para-hydroxylation sites is 2. The van der Waals surface area contributed by atoms with Gasteiger partial charge in [-0.3, -0.25) is 4.79 Å². The number of nitrogens with zero attached hydrogens (tertiary/aromatic N) is 4. The molecule has 0 saturated carbocycles. The lowest BCUT2D eigenvalue weighted by molar-refractivity contribution is -0.127. The molecular weight excluding hydrogens is 390 g/mol. The highest BCUT2D eigenvalue weighted by Crippen LogP contribution is 2.32. The number of anilines is 1. The van der Waals surface area contributed by atoms with Crippen LogP contribution in [0.5, 0.6) is 0 Å². The van der Waals surface area contributed by atoms with E-state index in [2.05, 4.69) is 19.8 Å². The van der Waals surface area contributed by atoms with Crippen molar-refractivity contribution in [2.75, 3.05) is 31.6 Å². The molecule has 0 atom stereocenters. The van der Waals surface area contributed by atoms with Gasteiger partial charge in [-0.25, -0.2) is 9.97 Å². The molecule has 0 bridgehead atoms. The number of piperidine rings is 1. The maximum atomic E-state index is 11.4. The van der Waals surface area contributed by atoms with Crippen LogP contribution in [0.4, 0.5) is 5.82 Å². The van der Waals surface area contributed by atoms with E-state index in [1.165, 1.54) is 0 Å². The standard InChI is InChI=1S/C21H24ClN5O2/c1-23-20(28)13-29-14-7-9-27(10-8-14)19-11-15(16(22)12-24-19)21-25-17-5-3-4-6-18(17)26(21)2/h3-6,11-12,14H,7-10,13H2,1-2H3,(H,23,28). The van der Waals surface area contributed by atoms with Gasteiger partial charge >= 0.3 is 0 Å². The van der Waals surface area contributed by atoms with Gasteiger partial charge in [-0.05, 0) is 31.0 Å². The van der Waals surface area contributed by atoms with E-state index >= 15 is 0 Å². The molecule has 152 valence electrons. The van der Waals surface area contributed by atoms with Gasteiger partial charge in [-0.2, -0.15) is 0 Å². The summed E-state index contributed by atoms with van der Waals surface area (Å²) in [6.45, 7) is 1.74. The maximum Gasteiger partial charge on any atom is 0.245 e. The van der Waals surface area contributed by atoms with Crippen LogP contribution in [-0.4, -0.2) is 53.3 Å². The van der Waals surface area contributed by atoms with E-state index in [9.17, 15) is 4.79 Å². The Labute approximate surface area is 174 Å². The zero-order valence-electron chi connectivity index (χ0n) is 16.6. The monoisotopic (exact) mass is 413 g/mol. The fourth-order valence-corrected chi connectivity index (χ4v) is 3.86. The Hall–Kier alpha value is -2.64. The molecule has 0 unspecified atom stereocenters. The van der Waals surface area contributed by atoms with Crippen molar-refractivity contribution in [2.24, 2.45) is 7.05 Å². The lowest BCUT2D eigenvalue weighted by Crippen LogP contribution is -2.38. The van der Waals surface area contributed by atoms with Crippen LogP contribution in [0, 0.1) is 0 Å². The number of halogens is 1. The molecule has 1 aliphatic heterocycles. The van der Waals surface area contributed by atoms with Crippen LogP contribution in [0.3, 0.4) is 0 Å². The van der Waals surface area contributed by atoms with Gasteiger partial charge in [0, 0.05) is 38.9 Å². The van der Waals surface area contributed by atoms with Crippen molar-refractivity contribution in [3.63, 3.8) is 0 Å². The Kier molecular flexibility index (Phi) is 5.69. The Balaban J connectivity index is 1.52. The summed E-state index contributed by atoms with van der Waals surface area (Å²) in [6.07, 6.45) is 3.49. The van der Waals surface area contributed by atoms with Crippen LogP contribution in [0.15, 0.2) is 36.5 Å². The number of carbonyl (C=O) groups is 1. The molecule has 8 heteroatoms. The van der Waals surface area contributed by atoms with E-state index in [4.69, 9.17) is 21.3 Å². The summed E-state index contributed by atoms with van der Waals surface area (Å²) in [5, 5.41) is 3.16. The third kappa shape index (κ3) is 4.06. The topological polar surface area (TPSA) is 72.3 Å². The van der Waals surface area contributed by atoms with Crippen molar-refractivity contribution in [2.45, 2.75) is 18.9 Å². The Morgan fingerprint density at radius 2 is 2.07 bits per heavy atom. The summed E-state index contributed by atoms with van der Waals surface area (Å²) in [7, 11) is 3.61. The number of hydrogen-bond acceptors (Lipinski definition) is 5. The highest BCUT2D eigenvalue weighted by Gasteiger charge is 2.23. The van der Waals surface area contributed by atoms with Gasteiger partial charge in [-0.1, -0.05) is 23.7 Å². The zero-order chi connectivity index (χ0) is 20.4. The molecule has 3 aromatic rings. The van der Waals surface area contributed by atoms with Crippen molar-refractivity contribution in [3.05, 3.63) is 41.6 Å². The zero-order valence-corrected chi connectivity index (χ0v) is 17.3. The second-order valence-electron chi connectivity index (χ2n) is 7.18. The summed E-state index contributed by atoms with van der Waals surface area (Å²) >= 11 is 6.48. The first-order chi connectivity index (χ1) is 14.1. The molecule has 7 nitrogen and oxygen atoms in total. The van der Waals surface area contributed by atoms with Crippen molar-refractivity contribution >= 4 is 34.4 Å². The third-order valence-electron chi connectivity index (χ3n) is 5.36. The smallest absolute Gasteiger partial charge is 0.245 e. The molecule has 0 radical (unpaired) electrons. The summed E-state index contributed by atoms with van der Waals surface area (Å²) in [4.78, 5) is 22.9. The fourth-order valence-electron chi connectivity index (χ4n) is 3.68. The quantitative estimate of drug-likeness (QED) is 0.696. The molecule has 1 saturated heterocycles. The van der Waals surface area contributed by atoms with Crippen LogP contribution < -0.4 is 10.2 Å². The Bertz CT molecular complexity index is 1030. The van der Waals surface area contributed by atoms with Crippen LogP contribution in [0.25, 0.3) is 22.4 Å². The number of rotatable bonds is 5. The highest BCUT2D eigenvalue weighted by molar-refractivity contribution is 6.33. The minimum Gasteiger partial charge on any atom is -0.368 e. The molecule has 1 aliphatic rings. The van der Waals surface area contributed by atoms with E-state index in [-0.39, 0.29) is 18.6 Å². The van der Waals surface area contributed by atoms with Gasteiger partial charge in [0.15, 0.2) is 0 Å². The molecule has 4 rings (SSSR count). The predicted octanol–water partition coefficient (Wildman–Crippen LogP) is 3.02. The van der Waals surface area contributed by atoms with E-state index in [1.807, 2.05) is 37.4 Å². The summed E-state index contributed by atoms with van der Waals surface area (Å²) in [5.74, 6) is 1.60. The summed E-state index contributed by atoms with van der Waals surface area (Å²) < 4.78 is 7.74. The molecule has 3 heterocycles. The van der Waals surface area contributed by atoms with Crippen LogP contribution >= 0.6 is 11.6 Å². The average molecular weight is 414 g/mol. The number of benzene rings is 1. The van der Waals surface area contributed by atoms with E-state index in [1.54, 1.807) is 13.2 Å². The van der Waals surface area contributed by atoms with Gasteiger partial charge in [0.05, 0.1) is 22.2 Å². The number of carbonyl (C=O) groups excluding carboxylic acids is 1. The van der Waals surface area contributed by atoms with Gasteiger partial charge in [-0.15, -0.1) is 0 Å². The third-order valence-corrected chi connectivity index (χ3v) is 5.67. The summed E-state index contributed by atoms with van der Waals surface area (Å²) in [5.41, 5.74) is 2.87. The van der Waals surface area contributed by atoms with Crippen LogP contribution in [0.2, 0.25) is 5.02 Å². The molecule has 1 aromatic carbocycles. The number of nitrogens with one attached hydrogen (secondary N) is 1. The van der Waals surface area contributed by atoms with Gasteiger partial charge < -0.3 is 19.5 Å². The largest absolute Gasteiger partial charge is 0.368 e. The van der Waals surface area contributed by atoms with Crippen LogP contribution in [-0.2, 0) is 16.6 Å². The van der Waals surface area contributed by atoms with Crippen molar-refractivity contribution < 1.29 is 9.53 Å². The Morgan fingerprint density at radius 1 is 1.31 bits per heavy atom. The molecule has 0 spiro atoms. The molecule has 29 heavy (non-hydrogen) atoms. The number of ether oxygens (including phenoxy) is 1. The number of pyridine rings is 1. The molecule has 0 aliphatic carbocycles. The van der Waals surface area contributed by atoms with Crippen molar-refractivity contribution in [3.8, 4) is 11.4 Å². The molecular formula is C21H24ClN5O2. The molecule has 1 N–H and O–H groups in total. The van der Waals surface area contributed by atoms with E-state index in [0.29, 0.717) is 5.02 Å². The highest BCUT2D eigenvalue weighted by atomic mass is 35.5. The average Bonchev–Trinajstić information content (AvgIpc) is 3.09. The SMILES string of the molecule is CNC(=O)COC1CCN(c2cc(-c3nc4ccccc4n3C)c(Cl)cn2)CC1. The second kappa shape index (κ2) is 8.39. The van der Waals surface area contributed by atoms with Gasteiger partial charge in [0.25, 0.3) is 0 Å². The minimum atomic E-state index is -0.0982. The van der Waals surface area contributed by atoms with E-state index < -0.39 is 0 Å². The number of aromatic nitrogens is 3. The lowest BCUT2D eigenvalue weighted by Gasteiger charge is -2.32. The minimum absolute atomic E-state index is 0.0927. The first kappa shape index (κ1) is 19.7. The first-order valence-electron chi connectivity index (χ1n) is 9.71. The van der Waals surface area contributed by atoms with E-state index in [0.717, 1.165) is 54.2 Å². The number of imidazole rings is 1. The number of hydrogen-bond donors (Lipinski definition) is 1. The van der Waals surface area contributed by atoms with Crippen molar-refractivity contribution in [1.82, 2.24) is 19.9 Å². The second-order valence-corrected chi connectivity index (χ2v) is 7.58. The first-order valence-corrected chi connectivity index (χ1v) is 10.1. The predicted molar refractivity (Wildman–Crippen MR) is 114 cm³/mol. The molecule has 1 fully saturated rings. The lowest BCUT2D eigenvalue weighted by atomic mass is 10.1. The number of amides is 1.